The molecule has 0 aliphatic heterocycles. The zero-order valence-electron chi connectivity index (χ0n) is 14.5. The van der Waals surface area contributed by atoms with Gasteiger partial charge in [0, 0.05) is 0 Å². The van der Waals surface area contributed by atoms with Gasteiger partial charge in [0.2, 0.25) is 0 Å². The van der Waals surface area contributed by atoms with E-state index in [0.29, 0.717) is 29.0 Å². The molecule has 1 aromatic heterocycles. The van der Waals surface area contributed by atoms with Crippen LogP contribution in [-0.4, -0.2) is 29.6 Å². The van der Waals surface area contributed by atoms with Crippen LogP contribution in [0, 0.1) is 0 Å². The summed E-state index contributed by atoms with van der Waals surface area (Å²) in [6, 6.07) is 10.8. The minimum Gasteiger partial charge on any atom is -0.493 e. The third-order valence-corrected chi connectivity index (χ3v) is 4.27. The van der Waals surface area contributed by atoms with Crippen molar-refractivity contribution in [3.8, 4) is 11.5 Å². The Balaban J connectivity index is 1.95. The van der Waals surface area contributed by atoms with Gasteiger partial charge in [-0.3, -0.25) is 4.79 Å². The number of fused-ring (bicyclic) bond motifs is 1. The van der Waals surface area contributed by atoms with Crippen LogP contribution in [0.4, 0.5) is 0 Å². The summed E-state index contributed by atoms with van der Waals surface area (Å²) >= 11 is 3.49. The molecular formula is C19H18BrN3O3. The van der Waals surface area contributed by atoms with Crippen molar-refractivity contribution in [2.75, 3.05) is 13.7 Å². The van der Waals surface area contributed by atoms with Gasteiger partial charge in [0.05, 0.1) is 35.3 Å². The van der Waals surface area contributed by atoms with Gasteiger partial charge in [0.15, 0.2) is 11.5 Å². The molecule has 2 aromatic carbocycles. The maximum atomic E-state index is 12.5. The number of nitrogens with zero attached hydrogens (tertiary/aromatic N) is 3. The van der Waals surface area contributed by atoms with E-state index in [1.165, 1.54) is 11.0 Å². The molecule has 0 unspecified atom stereocenters. The summed E-state index contributed by atoms with van der Waals surface area (Å²) in [7, 11) is 1.58. The minimum atomic E-state index is -0.222. The molecule has 0 aliphatic rings. The van der Waals surface area contributed by atoms with Crippen LogP contribution in [0.3, 0.4) is 0 Å². The van der Waals surface area contributed by atoms with Gasteiger partial charge < -0.3 is 9.47 Å². The maximum absolute atomic E-state index is 12.5. The van der Waals surface area contributed by atoms with Crippen molar-refractivity contribution in [2.24, 2.45) is 5.10 Å². The molecule has 3 aromatic rings. The monoisotopic (exact) mass is 415 g/mol. The second-order valence-electron chi connectivity index (χ2n) is 5.54. The Morgan fingerprint density at radius 2 is 2.12 bits per heavy atom. The molecule has 0 bridgehead atoms. The van der Waals surface area contributed by atoms with Crippen LogP contribution in [0.2, 0.25) is 0 Å². The van der Waals surface area contributed by atoms with E-state index in [4.69, 9.17) is 9.47 Å². The lowest BCUT2D eigenvalue weighted by atomic mass is 10.2. The Hall–Kier alpha value is -2.67. The molecule has 0 N–H and O–H groups in total. The van der Waals surface area contributed by atoms with Crippen molar-refractivity contribution < 1.29 is 9.47 Å². The summed E-state index contributed by atoms with van der Waals surface area (Å²) in [6.45, 7) is 2.64. The molecule has 0 radical (unpaired) electrons. The lowest BCUT2D eigenvalue weighted by molar-refractivity contribution is 0.292. The first-order valence-electron chi connectivity index (χ1n) is 8.15. The number of halogens is 1. The van der Waals surface area contributed by atoms with Crippen molar-refractivity contribution in [3.63, 3.8) is 0 Å². The highest BCUT2D eigenvalue weighted by atomic mass is 79.9. The molecular weight excluding hydrogens is 398 g/mol. The lowest BCUT2D eigenvalue weighted by Crippen LogP contribution is -2.17. The Labute approximate surface area is 159 Å². The van der Waals surface area contributed by atoms with Gasteiger partial charge in [0.1, 0.15) is 6.33 Å². The standard InChI is InChI=1S/C19H18BrN3O3/c1-3-8-26-18-15(20)9-13(10-17(18)25-2)11-22-23-12-21-16-7-5-4-6-14(16)19(23)24/h4-7,9-12H,3,8H2,1-2H3/b22-11+. The molecule has 26 heavy (non-hydrogen) atoms. The molecule has 6 nitrogen and oxygen atoms in total. The molecule has 0 saturated heterocycles. The molecule has 3 rings (SSSR count). The van der Waals surface area contributed by atoms with Gasteiger partial charge in [-0.05, 0) is 52.2 Å². The molecule has 0 saturated carbocycles. The number of hydrogen-bond donors (Lipinski definition) is 0. The van der Waals surface area contributed by atoms with Crippen molar-refractivity contribution >= 4 is 33.0 Å². The molecule has 7 heteroatoms. The Bertz CT molecular complexity index is 1010. The largest absolute Gasteiger partial charge is 0.493 e. The number of ether oxygens (including phenoxy) is 2. The predicted molar refractivity (Wildman–Crippen MR) is 105 cm³/mol. The van der Waals surface area contributed by atoms with Gasteiger partial charge >= 0.3 is 0 Å². The first-order valence-corrected chi connectivity index (χ1v) is 8.94. The molecule has 1 heterocycles. The first-order chi connectivity index (χ1) is 12.6. The van der Waals surface area contributed by atoms with E-state index in [9.17, 15) is 4.79 Å². The lowest BCUT2D eigenvalue weighted by Gasteiger charge is -2.12. The zero-order chi connectivity index (χ0) is 18.5. The van der Waals surface area contributed by atoms with E-state index in [0.717, 1.165) is 16.5 Å². The number of aromatic nitrogens is 2. The summed E-state index contributed by atoms with van der Waals surface area (Å²) in [4.78, 5) is 16.7. The highest BCUT2D eigenvalue weighted by molar-refractivity contribution is 9.10. The summed E-state index contributed by atoms with van der Waals surface area (Å²) < 4.78 is 13.1. The smallest absolute Gasteiger partial charge is 0.281 e. The van der Waals surface area contributed by atoms with Gasteiger partial charge in [0.25, 0.3) is 5.56 Å². The van der Waals surface area contributed by atoms with Crippen LogP contribution in [0.5, 0.6) is 11.5 Å². The summed E-state index contributed by atoms with van der Waals surface area (Å²) in [6.07, 6.45) is 3.89. The number of hydrogen-bond acceptors (Lipinski definition) is 5. The van der Waals surface area contributed by atoms with Crippen LogP contribution < -0.4 is 15.0 Å². The molecule has 0 spiro atoms. The fourth-order valence-corrected chi connectivity index (χ4v) is 3.00. The third kappa shape index (κ3) is 3.77. The summed E-state index contributed by atoms with van der Waals surface area (Å²) in [5.74, 6) is 1.24. The molecule has 0 aliphatic carbocycles. The van der Waals surface area contributed by atoms with E-state index in [1.807, 2.05) is 19.1 Å². The number of methoxy groups -OCH3 is 1. The SMILES string of the molecule is CCCOc1c(Br)cc(/C=N/n2cnc3ccccc3c2=O)cc1OC. The topological polar surface area (TPSA) is 65.7 Å². The second kappa shape index (κ2) is 8.14. The molecule has 0 fully saturated rings. The van der Waals surface area contributed by atoms with Crippen LogP contribution >= 0.6 is 15.9 Å². The van der Waals surface area contributed by atoms with E-state index >= 15 is 0 Å². The maximum Gasteiger partial charge on any atom is 0.281 e. The van der Waals surface area contributed by atoms with Gasteiger partial charge in [-0.15, -0.1) is 0 Å². The highest BCUT2D eigenvalue weighted by Crippen LogP contribution is 2.36. The Morgan fingerprint density at radius 1 is 1.31 bits per heavy atom. The normalized spacial score (nSPS) is 11.2. The minimum absolute atomic E-state index is 0.222. The highest BCUT2D eigenvalue weighted by Gasteiger charge is 2.11. The fourth-order valence-electron chi connectivity index (χ4n) is 2.43. The van der Waals surface area contributed by atoms with E-state index < -0.39 is 0 Å². The molecule has 0 amide bonds. The van der Waals surface area contributed by atoms with E-state index in [2.05, 4.69) is 26.0 Å². The van der Waals surface area contributed by atoms with Crippen LogP contribution in [-0.2, 0) is 0 Å². The average molecular weight is 416 g/mol. The first kappa shape index (κ1) is 18.1. The van der Waals surface area contributed by atoms with E-state index in [-0.39, 0.29) is 5.56 Å². The quantitative estimate of drug-likeness (QED) is 0.573. The van der Waals surface area contributed by atoms with Crippen LogP contribution in [0.25, 0.3) is 10.9 Å². The van der Waals surface area contributed by atoms with Crippen molar-refractivity contribution in [2.45, 2.75) is 13.3 Å². The zero-order valence-corrected chi connectivity index (χ0v) is 16.1. The van der Waals surface area contributed by atoms with Crippen molar-refractivity contribution in [3.05, 3.63) is 63.1 Å². The van der Waals surface area contributed by atoms with Gasteiger partial charge in [-0.1, -0.05) is 19.1 Å². The molecule has 134 valence electrons. The number of para-hydroxylation sites is 1. The van der Waals surface area contributed by atoms with Gasteiger partial charge in [-0.25, -0.2) is 4.98 Å². The predicted octanol–water partition coefficient (Wildman–Crippen LogP) is 3.84. The third-order valence-electron chi connectivity index (χ3n) is 3.68. The van der Waals surface area contributed by atoms with Gasteiger partial charge in [-0.2, -0.15) is 9.78 Å². The number of rotatable bonds is 6. The number of benzene rings is 2. The Kier molecular flexibility index (Phi) is 5.68. The fraction of sp³-hybridized carbons (Fsp3) is 0.211. The van der Waals surface area contributed by atoms with Crippen LogP contribution in [0.1, 0.15) is 18.9 Å². The summed E-state index contributed by atoms with van der Waals surface area (Å²) in [5.41, 5.74) is 1.18. The van der Waals surface area contributed by atoms with Crippen molar-refractivity contribution in [1.82, 2.24) is 9.66 Å². The second-order valence-corrected chi connectivity index (χ2v) is 6.39. The molecule has 0 atom stereocenters. The average Bonchev–Trinajstić information content (AvgIpc) is 2.66. The van der Waals surface area contributed by atoms with Crippen molar-refractivity contribution in [1.29, 1.82) is 0 Å². The Morgan fingerprint density at radius 3 is 2.88 bits per heavy atom. The van der Waals surface area contributed by atoms with E-state index in [1.54, 1.807) is 37.6 Å². The van der Waals surface area contributed by atoms with Crippen LogP contribution in [0.15, 0.2) is 57.1 Å². The summed E-state index contributed by atoms with van der Waals surface area (Å²) in [5, 5.41) is 4.76.